The van der Waals surface area contributed by atoms with Crippen LogP contribution in [0.25, 0.3) is 0 Å². The van der Waals surface area contributed by atoms with Crippen LogP contribution in [-0.2, 0) is 4.79 Å². The van der Waals surface area contributed by atoms with Gasteiger partial charge in [0.05, 0.1) is 5.41 Å². The third-order valence-corrected chi connectivity index (χ3v) is 6.28. The van der Waals surface area contributed by atoms with E-state index in [0.29, 0.717) is 5.92 Å². The third-order valence-electron chi connectivity index (χ3n) is 6.28. The highest BCUT2D eigenvalue weighted by Gasteiger charge is 2.43. The van der Waals surface area contributed by atoms with Crippen molar-refractivity contribution < 1.29 is 9.90 Å². The largest absolute Gasteiger partial charge is 0.481 e. The van der Waals surface area contributed by atoms with E-state index in [1.54, 1.807) is 0 Å². The summed E-state index contributed by atoms with van der Waals surface area (Å²) in [5.74, 6) is -0.174. The molecule has 0 spiro atoms. The third kappa shape index (κ3) is 9.97. The maximum atomic E-state index is 12.4. The molecule has 0 rings (SSSR count). The van der Waals surface area contributed by atoms with Gasteiger partial charge in [0.1, 0.15) is 0 Å². The molecule has 0 saturated heterocycles. The molecule has 0 aromatic carbocycles. The van der Waals surface area contributed by atoms with Crippen LogP contribution in [0, 0.1) is 11.3 Å². The maximum Gasteiger partial charge on any atom is 0.309 e. The predicted octanol–water partition coefficient (Wildman–Crippen LogP) is 8.38. The molecule has 0 amide bonds. The summed E-state index contributed by atoms with van der Waals surface area (Å²) in [5.41, 5.74) is -0.475. The number of hydrogen-bond donors (Lipinski definition) is 1. The summed E-state index contributed by atoms with van der Waals surface area (Å²) in [5, 5.41) is 10.2. The van der Waals surface area contributed by atoms with Crippen molar-refractivity contribution in [2.24, 2.45) is 11.3 Å². The van der Waals surface area contributed by atoms with Crippen molar-refractivity contribution >= 4 is 5.97 Å². The summed E-state index contributed by atoms with van der Waals surface area (Å²) in [4.78, 5) is 12.4. The minimum atomic E-state index is -0.522. The number of carboxylic acid groups (broad SMARTS) is 1. The first kappa shape index (κ1) is 25.5. The van der Waals surface area contributed by atoms with Crippen molar-refractivity contribution in [2.75, 3.05) is 0 Å². The quantitative estimate of drug-likeness (QED) is 0.232. The van der Waals surface area contributed by atoms with E-state index in [2.05, 4.69) is 27.7 Å². The summed E-state index contributed by atoms with van der Waals surface area (Å²) in [6.07, 6.45) is 20.0. The van der Waals surface area contributed by atoms with E-state index >= 15 is 0 Å². The lowest BCUT2D eigenvalue weighted by molar-refractivity contribution is -0.154. The van der Waals surface area contributed by atoms with Crippen molar-refractivity contribution in [1.29, 1.82) is 0 Å². The summed E-state index contributed by atoms with van der Waals surface area (Å²) in [7, 11) is 0. The van der Waals surface area contributed by atoms with Gasteiger partial charge in [-0.05, 0) is 25.2 Å². The lowest BCUT2D eigenvalue weighted by Crippen LogP contribution is -2.38. The smallest absolute Gasteiger partial charge is 0.309 e. The summed E-state index contributed by atoms with van der Waals surface area (Å²) >= 11 is 0. The molecule has 26 heavy (non-hydrogen) atoms. The van der Waals surface area contributed by atoms with Crippen LogP contribution >= 0.6 is 0 Å². The van der Waals surface area contributed by atoms with Gasteiger partial charge in [0, 0.05) is 0 Å². The number of carboxylic acids is 1. The molecule has 0 aromatic rings. The molecule has 2 nitrogen and oxygen atoms in total. The first-order valence-corrected chi connectivity index (χ1v) is 11.8. The summed E-state index contributed by atoms with van der Waals surface area (Å²) in [6, 6.07) is 0. The van der Waals surface area contributed by atoms with Crippen LogP contribution in [0.5, 0.6) is 0 Å². The Morgan fingerprint density at radius 3 is 1.65 bits per heavy atom. The van der Waals surface area contributed by atoms with E-state index in [0.717, 1.165) is 38.5 Å². The van der Waals surface area contributed by atoms with Crippen LogP contribution in [0.15, 0.2) is 0 Å². The highest BCUT2D eigenvalue weighted by molar-refractivity contribution is 5.75. The Labute approximate surface area is 164 Å². The van der Waals surface area contributed by atoms with Crippen molar-refractivity contribution in [3.05, 3.63) is 0 Å². The first-order chi connectivity index (χ1) is 12.6. The summed E-state index contributed by atoms with van der Waals surface area (Å²) < 4.78 is 0. The zero-order valence-electron chi connectivity index (χ0n) is 18.5. The highest BCUT2D eigenvalue weighted by Crippen LogP contribution is 2.43. The van der Waals surface area contributed by atoms with Gasteiger partial charge in [-0.15, -0.1) is 0 Å². The fourth-order valence-electron chi connectivity index (χ4n) is 4.63. The SMILES string of the molecule is CCCCCCCCC(CC)C(CCC)(CCCCCCCC)C(=O)O. The normalized spacial score (nSPS) is 14.9. The van der Waals surface area contributed by atoms with Gasteiger partial charge in [-0.2, -0.15) is 0 Å². The zero-order chi connectivity index (χ0) is 19.7. The Morgan fingerprint density at radius 1 is 0.692 bits per heavy atom. The van der Waals surface area contributed by atoms with E-state index in [4.69, 9.17) is 0 Å². The number of hydrogen-bond acceptors (Lipinski definition) is 1. The molecule has 0 fully saturated rings. The molecule has 0 heterocycles. The number of carbonyl (C=O) groups is 1. The standard InChI is InChI=1S/C24H48O2/c1-5-9-11-13-15-17-19-22(8-4)24(20-7-3,23(25)26)21-18-16-14-12-10-6-2/h22H,5-21H2,1-4H3,(H,25,26). The van der Waals surface area contributed by atoms with E-state index in [-0.39, 0.29) is 0 Å². The molecule has 0 radical (unpaired) electrons. The zero-order valence-corrected chi connectivity index (χ0v) is 18.5. The fraction of sp³-hybridized carbons (Fsp3) is 0.958. The van der Waals surface area contributed by atoms with Gasteiger partial charge in [-0.25, -0.2) is 0 Å². The van der Waals surface area contributed by atoms with Crippen molar-refractivity contribution in [3.8, 4) is 0 Å². The van der Waals surface area contributed by atoms with Gasteiger partial charge in [-0.3, -0.25) is 4.79 Å². The molecule has 0 aliphatic carbocycles. The van der Waals surface area contributed by atoms with Gasteiger partial charge in [0.25, 0.3) is 0 Å². The minimum absolute atomic E-state index is 0.349. The van der Waals surface area contributed by atoms with Gasteiger partial charge < -0.3 is 5.11 Å². The Bertz CT molecular complexity index is 326. The average molecular weight is 369 g/mol. The lowest BCUT2D eigenvalue weighted by atomic mass is 9.66. The van der Waals surface area contributed by atoms with Crippen LogP contribution in [-0.4, -0.2) is 11.1 Å². The van der Waals surface area contributed by atoms with E-state index in [1.165, 1.54) is 70.6 Å². The second-order valence-corrected chi connectivity index (χ2v) is 8.39. The molecule has 0 saturated carbocycles. The van der Waals surface area contributed by atoms with Gasteiger partial charge in [0.15, 0.2) is 0 Å². The van der Waals surface area contributed by atoms with E-state index in [1.807, 2.05) is 0 Å². The maximum absolute atomic E-state index is 12.4. The Kier molecular flexibility index (Phi) is 16.3. The topological polar surface area (TPSA) is 37.3 Å². The van der Waals surface area contributed by atoms with Crippen LogP contribution in [0.3, 0.4) is 0 Å². The molecule has 2 heteroatoms. The van der Waals surface area contributed by atoms with E-state index in [9.17, 15) is 9.90 Å². The second kappa shape index (κ2) is 16.6. The molecule has 0 aromatic heterocycles. The molecule has 0 aliphatic heterocycles. The molecule has 156 valence electrons. The van der Waals surface area contributed by atoms with Crippen LogP contribution in [0.4, 0.5) is 0 Å². The van der Waals surface area contributed by atoms with Crippen molar-refractivity contribution in [2.45, 2.75) is 137 Å². The molecule has 2 unspecified atom stereocenters. The van der Waals surface area contributed by atoms with Crippen molar-refractivity contribution in [3.63, 3.8) is 0 Å². The van der Waals surface area contributed by atoms with Gasteiger partial charge in [0.2, 0.25) is 0 Å². The van der Waals surface area contributed by atoms with Crippen LogP contribution in [0.2, 0.25) is 0 Å². The Balaban J connectivity index is 4.64. The molecular weight excluding hydrogens is 320 g/mol. The minimum Gasteiger partial charge on any atom is -0.481 e. The number of rotatable bonds is 19. The molecular formula is C24H48O2. The molecule has 2 atom stereocenters. The first-order valence-electron chi connectivity index (χ1n) is 11.8. The predicted molar refractivity (Wildman–Crippen MR) is 115 cm³/mol. The average Bonchev–Trinajstić information content (AvgIpc) is 2.63. The van der Waals surface area contributed by atoms with Crippen LogP contribution in [0.1, 0.15) is 137 Å². The van der Waals surface area contributed by atoms with Gasteiger partial charge in [-0.1, -0.05) is 118 Å². The fourth-order valence-corrected chi connectivity index (χ4v) is 4.63. The summed E-state index contributed by atoms with van der Waals surface area (Å²) in [6.45, 7) is 8.85. The molecule has 1 N–H and O–H groups in total. The monoisotopic (exact) mass is 368 g/mol. The van der Waals surface area contributed by atoms with Crippen LogP contribution < -0.4 is 0 Å². The lowest BCUT2D eigenvalue weighted by Gasteiger charge is -2.37. The Morgan fingerprint density at radius 2 is 1.19 bits per heavy atom. The number of unbranched alkanes of at least 4 members (excludes halogenated alkanes) is 10. The highest BCUT2D eigenvalue weighted by atomic mass is 16.4. The van der Waals surface area contributed by atoms with E-state index < -0.39 is 11.4 Å². The molecule has 0 bridgehead atoms. The molecule has 0 aliphatic rings. The van der Waals surface area contributed by atoms with Crippen molar-refractivity contribution in [1.82, 2.24) is 0 Å². The van der Waals surface area contributed by atoms with Gasteiger partial charge >= 0.3 is 5.97 Å². The Hall–Kier alpha value is -0.530. The second-order valence-electron chi connectivity index (χ2n) is 8.39. The number of aliphatic carboxylic acids is 1.